The molecule has 21 heavy (non-hydrogen) atoms. The predicted molar refractivity (Wildman–Crippen MR) is 89.0 cm³/mol. The van der Waals surface area contributed by atoms with E-state index in [9.17, 15) is 9.90 Å². The minimum atomic E-state index is -0.562. The maximum atomic E-state index is 12.2. The number of aliphatic hydroxyl groups is 1. The second kappa shape index (κ2) is 7.23. The van der Waals surface area contributed by atoms with Crippen LogP contribution >= 0.6 is 27.5 Å². The molecule has 2 rings (SSSR count). The van der Waals surface area contributed by atoms with Crippen molar-refractivity contribution in [3.05, 3.63) is 33.3 Å². The summed E-state index contributed by atoms with van der Waals surface area (Å²) in [4.78, 5) is 14.2. The lowest BCUT2D eigenvalue weighted by molar-refractivity contribution is 0.0162. The van der Waals surface area contributed by atoms with Crippen molar-refractivity contribution < 1.29 is 9.90 Å². The maximum absolute atomic E-state index is 12.2. The standard InChI is InChI=1S/C16H21BrClNO2/c1-19(11-16(21)7-2-3-8-16)9-6-15(20)13-5-4-12(17)10-14(13)18/h4-5,10,21H,2-3,6-9,11H2,1H3. The summed E-state index contributed by atoms with van der Waals surface area (Å²) in [7, 11) is 1.95. The van der Waals surface area contributed by atoms with E-state index in [1.807, 2.05) is 18.0 Å². The molecule has 1 aliphatic carbocycles. The molecule has 0 radical (unpaired) electrons. The Kier molecular flexibility index (Phi) is 5.83. The molecular formula is C16H21BrClNO2. The molecule has 0 aliphatic heterocycles. The van der Waals surface area contributed by atoms with Crippen molar-refractivity contribution in [3.63, 3.8) is 0 Å². The van der Waals surface area contributed by atoms with Gasteiger partial charge in [0.05, 0.1) is 10.6 Å². The first kappa shape index (κ1) is 16.9. The SMILES string of the molecule is CN(CCC(=O)c1ccc(Br)cc1Cl)CC1(O)CCCC1. The molecule has 0 amide bonds. The highest BCUT2D eigenvalue weighted by molar-refractivity contribution is 9.10. The molecule has 0 saturated heterocycles. The minimum absolute atomic E-state index is 0.0396. The molecule has 0 spiro atoms. The molecule has 1 saturated carbocycles. The lowest BCUT2D eigenvalue weighted by atomic mass is 10.0. The van der Waals surface area contributed by atoms with E-state index in [0.717, 1.165) is 30.2 Å². The zero-order valence-electron chi connectivity index (χ0n) is 12.2. The molecule has 1 aromatic carbocycles. The Labute approximate surface area is 139 Å². The summed E-state index contributed by atoms with van der Waals surface area (Å²) in [6.07, 6.45) is 4.33. The van der Waals surface area contributed by atoms with Crippen molar-refractivity contribution in [1.82, 2.24) is 4.90 Å². The first-order chi connectivity index (χ1) is 9.89. The second-order valence-electron chi connectivity index (χ2n) is 5.97. The molecule has 0 heterocycles. The Morgan fingerprint density at radius 1 is 1.43 bits per heavy atom. The van der Waals surface area contributed by atoms with Crippen LogP contribution in [0, 0.1) is 0 Å². The van der Waals surface area contributed by atoms with Gasteiger partial charge < -0.3 is 10.0 Å². The minimum Gasteiger partial charge on any atom is -0.389 e. The fourth-order valence-electron chi connectivity index (χ4n) is 2.92. The Morgan fingerprint density at radius 3 is 2.71 bits per heavy atom. The van der Waals surface area contributed by atoms with Crippen LogP contribution in [0.1, 0.15) is 42.5 Å². The normalized spacial score (nSPS) is 17.4. The van der Waals surface area contributed by atoms with Gasteiger partial charge in [-0.05, 0) is 38.1 Å². The van der Waals surface area contributed by atoms with E-state index in [0.29, 0.717) is 30.1 Å². The number of nitrogens with zero attached hydrogens (tertiary/aromatic N) is 1. The number of likely N-dealkylation sites (N-methyl/N-ethyl adjacent to an activating group) is 1. The number of rotatable bonds is 6. The summed E-state index contributed by atoms with van der Waals surface area (Å²) >= 11 is 9.43. The van der Waals surface area contributed by atoms with Crippen LogP contribution in [0.15, 0.2) is 22.7 Å². The Balaban J connectivity index is 1.85. The number of hydrogen-bond acceptors (Lipinski definition) is 3. The number of carbonyl (C=O) groups is 1. The lowest BCUT2D eigenvalue weighted by Gasteiger charge is -2.28. The largest absolute Gasteiger partial charge is 0.389 e. The van der Waals surface area contributed by atoms with Crippen molar-refractivity contribution in [2.75, 3.05) is 20.1 Å². The molecule has 1 fully saturated rings. The van der Waals surface area contributed by atoms with Crippen LogP contribution < -0.4 is 0 Å². The molecular weight excluding hydrogens is 354 g/mol. The Morgan fingerprint density at radius 2 is 2.10 bits per heavy atom. The third-order valence-electron chi connectivity index (χ3n) is 4.05. The third-order valence-corrected chi connectivity index (χ3v) is 4.86. The molecule has 116 valence electrons. The Hall–Kier alpha value is -0.420. The van der Waals surface area contributed by atoms with Gasteiger partial charge in [-0.3, -0.25) is 4.79 Å². The quantitative estimate of drug-likeness (QED) is 0.767. The van der Waals surface area contributed by atoms with Crippen LogP contribution in [0.25, 0.3) is 0 Å². The van der Waals surface area contributed by atoms with E-state index in [4.69, 9.17) is 11.6 Å². The number of benzene rings is 1. The molecule has 0 unspecified atom stereocenters. The summed E-state index contributed by atoms with van der Waals surface area (Å²) < 4.78 is 0.865. The van der Waals surface area contributed by atoms with Crippen LogP contribution in [0.3, 0.4) is 0 Å². The van der Waals surface area contributed by atoms with E-state index in [2.05, 4.69) is 15.9 Å². The Bertz CT molecular complexity index is 515. The van der Waals surface area contributed by atoms with Gasteiger partial charge in [0.15, 0.2) is 5.78 Å². The van der Waals surface area contributed by atoms with Gasteiger partial charge in [-0.1, -0.05) is 40.4 Å². The summed E-state index contributed by atoms with van der Waals surface area (Å²) in [6, 6.07) is 5.31. The van der Waals surface area contributed by atoms with Gasteiger partial charge in [0.2, 0.25) is 0 Å². The molecule has 1 aromatic rings. The predicted octanol–water partition coefficient (Wildman–Crippen LogP) is 3.91. The summed E-state index contributed by atoms with van der Waals surface area (Å²) in [6.45, 7) is 1.27. The second-order valence-corrected chi connectivity index (χ2v) is 7.29. The molecule has 0 atom stereocenters. The lowest BCUT2D eigenvalue weighted by Crippen LogP contribution is -2.39. The highest BCUT2D eigenvalue weighted by atomic mass is 79.9. The monoisotopic (exact) mass is 373 g/mol. The number of hydrogen-bond donors (Lipinski definition) is 1. The molecule has 3 nitrogen and oxygen atoms in total. The zero-order chi connectivity index (χ0) is 15.5. The summed E-state index contributed by atoms with van der Waals surface area (Å²) in [5.74, 6) is 0.0396. The van der Waals surface area contributed by atoms with E-state index in [1.165, 1.54) is 0 Å². The highest BCUT2D eigenvalue weighted by Crippen LogP contribution is 2.30. The third kappa shape index (κ3) is 4.78. The van der Waals surface area contributed by atoms with E-state index in [1.54, 1.807) is 12.1 Å². The van der Waals surface area contributed by atoms with Gasteiger partial charge in [0, 0.05) is 29.5 Å². The van der Waals surface area contributed by atoms with Gasteiger partial charge in [0.1, 0.15) is 0 Å². The zero-order valence-corrected chi connectivity index (χ0v) is 14.6. The fourth-order valence-corrected chi connectivity index (χ4v) is 3.69. The van der Waals surface area contributed by atoms with Crippen molar-refractivity contribution in [2.24, 2.45) is 0 Å². The van der Waals surface area contributed by atoms with Crippen molar-refractivity contribution in [3.8, 4) is 0 Å². The van der Waals surface area contributed by atoms with E-state index >= 15 is 0 Å². The number of Topliss-reactive ketones (excluding diaryl/α,β-unsaturated/α-hetero) is 1. The first-order valence-electron chi connectivity index (χ1n) is 7.29. The van der Waals surface area contributed by atoms with Crippen LogP contribution in [-0.4, -0.2) is 41.5 Å². The van der Waals surface area contributed by atoms with Crippen LogP contribution in [-0.2, 0) is 0 Å². The smallest absolute Gasteiger partial charge is 0.165 e. The van der Waals surface area contributed by atoms with Crippen molar-refractivity contribution >= 4 is 33.3 Å². The van der Waals surface area contributed by atoms with Gasteiger partial charge >= 0.3 is 0 Å². The fraction of sp³-hybridized carbons (Fsp3) is 0.562. The molecule has 1 aliphatic rings. The number of carbonyl (C=O) groups excluding carboxylic acids is 1. The molecule has 5 heteroatoms. The van der Waals surface area contributed by atoms with Crippen LogP contribution in [0.4, 0.5) is 0 Å². The maximum Gasteiger partial charge on any atom is 0.165 e. The van der Waals surface area contributed by atoms with Gasteiger partial charge in [0.25, 0.3) is 0 Å². The number of halogens is 2. The molecule has 0 aromatic heterocycles. The van der Waals surface area contributed by atoms with E-state index in [-0.39, 0.29) is 5.78 Å². The van der Waals surface area contributed by atoms with Crippen LogP contribution in [0.5, 0.6) is 0 Å². The molecule has 1 N–H and O–H groups in total. The summed E-state index contributed by atoms with van der Waals surface area (Å²) in [5, 5.41) is 10.8. The number of ketones is 1. The van der Waals surface area contributed by atoms with Crippen molar-refractivity contribution in [1.29, 1.82) is 0 Å². The molecule has 0 bridgehead atoms. The average Bonchev–Trinajstić information content (AvgIpc) is 2.82. The average molecular weight is 375 g/mol. The van der Waals surface area contributed by atoms with Gasteiger partial charge in [-0.2, -0.15) is 0 Å². The van der Waals surface area contributed by atoms with E-state index < -0.39 is 5.60 Å². The first-order valence-corrected chi connectivity index (χ1v) is 8.46. The summed E-state index contributed by atoms with van der Waals surface area (Å²) in [5.41, 5.74) is 0.000373. The van der Waals surface area contributed by atoms with Crippen LogP contribution in [0.2, 0.25) is 5.02 Å². The van der Waals surface area contributed by atoms with Gasteiger partial charge in [-0.15, -0.1) is 0 Å². The van der Waals surface area contributed by atoms with Crippen molar-refractivity contribution in [2.45, 2.75) is 37.7 Å². The topological polar surface area (TPSA) is 40.5 Å². The van der Waals surface area contributed by atoms with Gasteiger partial charge in [-0.25, -0.2) is 0 Å². The highest BCUT2D eigenvalue weighted by Gasteiger charge is 2.32.